The van der Waals surface area contributed by atoms with Crippen molar-refractivity contribution in [3.8, 4) is 0 Å². The molecule has 0 N–H and O–H groups in total. The Labute approximate surface area is 225 Å². The van der Waals surface area contributed by atoms with Crippen LogP contribution in [0.15, 0.2) is 109 Å². The molecule has 0 unspecified atom stereocenters. The standard InChI is InChI=1S/C33H22ClNO3/c34-23-17-14-22(15-18-23)30(36)29-28(21-9-2-1-3-10-21)33(31(37)24-11-5-6-12-25(24)32(33)38)27-19-16-20-8-4-7-13-26(20)35(27)29/h1-19,27-29H/t27-,28+,29-/m1/s1. The third kappa shape index (κ3) is 2.95. The van der Waals surface area contributed by atoms with Crippen LogP contribution in [-0.2, 0) is 0 Å². The molecule has 184 valence electrons. The van der Waals surface area contributed by atoms with E-state index in [4.69, 9.17) is 11.6 Å². The molecule has 3 atom stereocenters. The van der Waals surface area contributed by atoms with Crippen molar-refractivity contribution >= 4 is 40.7 Å². The third-order valence-corrected chi connectivity index (χ3v) is 8.52. The van der Waals surface area contributed by atoms with E-state index in [-0.39, 0.29) is 17.3 Å². The van der Waals surface area contributed by atoms with Gasteiger partial charge in [-0.05, 0) is 41.5 Å². The zero-order valence-electron chi connectivity index (χ0n) is 20.3. The van der Waals surface area contributed by atoms with E-state index in [1.165, 1.54) is 0 Å². The molecule has 0 aromatic heterocycles. The lowest BCUT2D eigenvalue weighted by molar-refractivity contribution is 0.0666. The van der Waals surface area contributed by atoms with Gasteiger partial charge >= 0.3 is 0 Å². The summed E-state index contributed by atoms with van der Waals surface area (Å²) in [6, 6.07) is 29.8. The topological polar surface area (TPSA) is 54.5 Å². The molecule has 1 saturated heterocycles. The highest BCUT2D eigenvalue weighted by atomic mass is 35.5. The predicted octanol–water partition coefficient (Wildman–Crippen LogP) is 6.66. The second kappa shape index (κ2) is 8.37. The van der Waals surface area contributed by atoms with Crippen molar-refractivity contribution < 1.29 is 14.4 Å². The first-order valence-electron chi connectivity index (χ1n) is 12.6. The zero-order chi connectivity index (χ0) is 26.0. The largest absolute Gasteiger partial charge is 0.352 e. The van der Waals surface area contributed by atoms with Crippen molar-refractivity contribution in [2.45, 2.75) is 18.0 Å². The number of fused-ring (bicyclic) bond motifs is 5. The molecule has 1 aliphatic carbocycles. The van der Waals surface area contributed by atoms with Crippen molar-refractivity contribution in [2.24, 2.45) is 5.41 Å². The van der Waals surface area contributed by atoms with Crippen LogP contribution in [-0.4, -0.2) is 29.4 Å². The molecule has 2 heterocycles. The van der Waals surface area contributed by atoms with Gasteiger partial charge in [0.1, 0.15) is 11.5 Å². The molecule has 3 aliphatic rings. The second-order valence-electron chi connectivity index (χ2n) is 10.0. The molecule has 4 aromatic rings. The number of benzene rings is 4. The number of nitrogens with zero attached hydrogens (tertiary/aromatic N) is 1. The predicted molar refractivity (Wildman–Crippen MR) is 148 cm³/mol. The van der Waals surface area contributed by atoms with Crippen molar-refractivity contribution in [3.63, 3.8) is 0 Å². The van der Waals surface area contributed by atoms with Crippen LogP contribution in [0.5, 0.6) is 0 Å². The number of hydrogen-bond acceptors (Lipinski definition) is 4. The highest BCUT2D eigenvalue weighted by Crippen LogP contribution is 2.60. The van der Waals surface area contributed by atoms with Gasteiger partial charge in [-0.3, -0.25) is 14.4 Å². The van der Waals surface area contributed by atoms with Crippen molar-refractivity contribution in [1.82, 2.24) is 0 Å². The van der Waals surface area contributed by atoms with E-state index in [1.54, 1.807) is 48.5 Å². The highest BCUT2D eigenvalue weighted by Gasteiger charge is 2.71. The zero-order valence-corrected chi connectivity index (χ0v) is 21.0. The minimum atomic E-state index is -1.48. The monoisotopic (exact) mass is 515 g/mol. The Bertz CT molecular complexity index is 1620. The Kier molecular flexibility index (Phi) is 5.04. The van der Waals surface area contributed by atoms with Crippen molar-refractivity contribution in [2.75, 3.05) is 4.90 Å². The number of Topliss-reactive ketones (excluding diaryl/α,β-unsaturated/α-hetero) is 3. The van der Waals surface area contributed by atoms with Gasteiger partial charge in [0, 0.05) is 33.3 Å². The number of ketones is 3. The van der Waals surface area contributed by atoms with Crippen LogP contribution >= 0.6 is 11.6 Å². The first-order valence-corrected chi connectivity index (χ1v) is 13.0. The summed E-state index contributed by atoms with van der Waals surface area (Å²) in [7, 11) is 0. The molecule has 0 bridgehead atoms. The van der Waals surface area contributed by atoms with Gasteiger partial charge in [-0.25, -0.2) is 0 Å². The fourth-order valence-corrected chi connectivity index (χ4v) is 6.86. The lowest BCUT2D eigenvalue weighted by Gasteiger charge is -2.37. The number of halogens is 1. The number of carbonyl (C=O) groups is 3. The van der Waals surface area contributed by atoms with Gasteiger partial charge in [0.15, 0.2) is 17.3 Å². The summed E-state index contributed by atoms with van der Waals surface area (Å²) in [5.74, 6) is -1.31. The maximum Gasteiger partial charge on any atom is 0.185 e. The lowest BCUT2D eigenvalue weighted by atomic mass is 9.64. The average molecular weight is 516 g/mol. The van der Waals surface area contributed by atoms with Crippen molar-refractivity contribution in [3.05, 3.63) is 142 Å². The van der Waals surface area contributed by atoms with Gasteiger partial charge in [-0.2, -0.15) is 0 Å². The summed E-state index contributed by atoms with van der Waals surface area (Å²) >= 11 is 6.15. The first-order chi connectivity index (χ1) is 18.5. The van der Waals surface area contributed by atoms with Gasteiger partial charge < -0.3 is 4.90 Å². The van der Waals surface area contributed by atoms with Crippen LogP contribution in [0.4, 0.5) is 5.69 Å². The van der Waals surface area contributed by atoms with Crippen molar-refractivity contribution in [1.29, 1.82) is 0 Å². The summed E-state index contributed by atoms with van der Waals surface area (Å²) < 4.78 is 0. The average Bonchev–Trinajstić information content (AvgIpc) is 3.40. The minimum absolute atomic E-state index is 0.154. The van der Waals surface area contributed by atoms with Gasteiger partial charge in [0.05, 0.1) is 6.04 Å². The lowest BCUT2D eigenvalue weighted by Crippen LogP contribution is -2.48. The van der Waals surface area contributed by atoms with Crippen LogP contribution in [0.2, 0.25) is 5.02 Å². The van der Waals surface area contributed by atoms with Crippen LogP contribution in [0.3, 0.4) is 0 Å². The smallest absolute Gasteiger partial charge is 0.185 e. The molecule has 4 aromatic carbocycles. The van der Waals surface area contributed by atoms with E-state index >= 15 is 0 Å². The maximum atomic E-state index is 14.5. The molecule has 0 saturated carbocycles. The first kappa shape index (κ1) is 22.9. The SMILES string of the molecule is O=C(c1ccc(Cl)cc1)[C@H]1[C@H](c2ccccc2)C2(C(=O)c3ccccc3C2=O)[C@H]2C=Cc3ccccc3N12. The molecule has 7 rings (SSSR count). The summed E-state index contributed by atoms with van der Waals surface area (Å²) in [6.07, 6.45) is 3.91. The fraction of sp³-hybridized carbons (Fsp3) is 0.121. The molecular formula is C33H22ClNO3. The van der Waals surface area contributed by atoms with E-state index in [1.807, 2.05) is 71.6 Å². The number of rotatable bonds is 3. The van der Waals surface area contributed by atoms with Gasteiger partial charge in [-0.1, -0.05) is 96.5 Å². The van der Waals surface area contributed by atoms with E-state index in [0.29, 0.717) is 21.7 Å². The summed E-state index contributed by atoms with van der Waals surface area (Å²) in [4.78, 5) is 45.6. The molecule has 0 radical (unpaired) electrons. The van der Waals surface area contributed by atoms with Gasteiger partial charge in [0.25, 0.3) is 0 Å². The normalized spacial score (nSPS) is 22.3. The molecule has 1 spiro atoms. The van der Waals surface area contributed by atoms with Gasteiger partial charge in [0.2, 0.25) is 0 Å². The van der Waals surface area contributed by atoms with E-state index < -0.39 is 23.4 Å². The number of anilines is 1. The molecular weight excluding hydrogens is 494 g/mol. The number of para-hydroxylation sites is 1. The van der Waals surface area contributed by atoms with Crippen LogP contribution in [0.1, 0.15) is 48.1 Å². The summed E-state index contributed by atoms with van der Waals surface area (Å²) in [6.45, 7) is 0. The number of hydrogen-bond donors (Lipinski definition) is 0. The Morgan fingerprint density at radius 3 is 2.03 bits per heavy atom. The number of carbonyl (C=O) groups excluding carboxylic acids is 3. The molecule has 1 fully saturated rings. The Hall–Kier alpha value is -4.28. The van der Waals surface area contributed by atoms with Gasteiger partial charge in [-0.15, -0.1) is 0 Å². The maximum absolute atomic E-state index is 14.5. The highest BCUT2D eigenvalue weighted by molar-refractivity contribution is 6.32. The molecule has 0 amide bonds. The van der Waals surface area contributed by atoms with Crippen LogP contribution < -0.4 is 4.90 Å². The molecule has 5 heteroatoms. The van der Waals surface area contributed by atoms with E-state index in [2.05, 4.69) is 0 Å². The molecule has 2 aliphatic heterocycles. The Morgan fingerprint density at radius 1 is 0.737 bits per heavy atom. The molecule has 38 heavy (non-hydrogen) atoms. The van der Waals surface area contributed by atoms with Crippen LogP contribution in [0, 0.1) is 5.41 Å². The van der Waals surface area contributed by atoms with E-state index in [9.17, 15) is 14.4 Å². The van der Waals surface area contributed by atoms with Crippen LogP contribution in [0.25, 0.3) is 6.08 Å². The molecule has 4 nitrogen and oxygen atoms in total. The summed E-state index contributed by atoms with van der Waals surface area (Å²) in [5, 5.41) is 0.532. The minimum Gasteiger partial charge on any atom is -0.352 e. The van der Waals surface area contributed by atoms with E-state index in [0.717, 1.165) is 16.8 Å². The third-order valence-electron chi connectivity index (χ3n) is 8.27. The Morgan fingerprint density at radius 2 is 1.34 bits per heavy atom. The quantitative estimate of drug-likeness (QED) is 0.226. The Balaban J connectivity index is 1.54. The fourth-order valence-electron chi connectivity index (χ4n) is 6.74. The second-order valence-corrected chi connectivity index (χ2v) is 10.5. The summed E-state index contributed by atoms with van der Waals surface area (Å²) in [5.41, 5.74) is 2.41.